The molecule has 3 fully saturated rings. The average Bonchev–Trinajstić information content (AvgIpc) is 3.66. The third kappa shape index (κ3) is 6.94. The van der Waals surface area contributed by atoms with Crippen LogP contribution in [0.2, 0.25) is 5.02 Å². The van der Waals surface area contributed by atoms with E-state index in [2.05, 4.69) is 26.2 Å². The van der Waals surface area contributed by atoms with Crippen LogP contribution in [0.3, 0.4) is 0 Å². The van der Waals surface area contributed by atoms with Crippen molar-refractivity contribution in [2.75, 3.05) is 46.4 Å². The van der Waals surface area contributed by atoms with Gasteiger partial charge in [0.05, 0.1) is 25.8 Å². The SMILES string of the molecule is CNC(=O)c1ccc(Oc2ccc(CN3CCC(N4C(=O)N(CC5OCCO5)CC4c4cccc(Cl)c4)CC3)cn2)cc1. The van der Waals surface area contributed by atoms with Gasteiger partial charge in [-0.05, 0) is 60.4 Å². The summed E-state index contributed by atoms with van der Waals surface area (Å²) in [6.07, 6.45) is 3.23. The number of carbonyl (C=O) groups excluding carboxylic acids is 2. The van der Waals surface area contributed by atoms with Gasteiger partial charge in [-0.25, -0.2) is 9.78 Å². The van der Waals surface area contributed by atoms with Gasteiger partial charge < -0.3 is 29.3 Å². The number of benzene rings is 2. The molecule has 11 heteroatoms. The van der Waals surface area contributed by atoms with Gasteiger partial charge in [-0.2, -0.15) is 0 Å². The Hall–Kier alpha value is -3.70. The first-order valence-electron chi connectivity index (χ1n) is 14.7. The third-order valence-corrected chi connectivity index (χ3v) is 8.47. The number of halogens is 1. The number of hydrogen-bond acceptors (Lipinski definition) is 7. The van der Waals surface area contributed by atoms with E-state index in [9.17, 15) is 9.59 Å². The average molecular weight is 606 g/mol. The van der Waals surface area contributed by atoms with Gasteiger partial charge in [-0.15, -0.1) is 0 Å². The zero-order chi connectivity index (χ0) is 29.8. The number of nitrogens with zero attached hydrogens (tertiary/aromatic N) is 4. The van der Waals surface area contributed by atoms with Crippen LogP contribution < -0.4 is 10.1 Å². The minimum absolute atomic E-state index is 0.0329. The van der Waals surface area contributed by atoms with E-state index in [1.165, 1.54) is 0 Å². The molecule has 10 nitrogen and oxygen atoms in total. The van der Waals surface area contributed by atoms with Gasteiger partial charge in [0.2, 0.25) is 5.88 Å². The number of ether oxygens (including phenoxy) is 3. The van der Waals surface area contributed by atoms with Crippen LogP contribution in [0.5, 0.6) is 11.6 Å². The molecule has 3 saturated heterocycles. The normalized spacial score (nSPS) is 20.1. The van der Waals surface area contributed by atoms with Gasteiger partial charge in [0.1, 0.15) is 5.75 Å². The third-order valence-electron chi connectivity index (χ3n) is 8.23. The summed E-state index contributed by atoms with van der Waals surface area (Å²) < 4.78 is 17.1. The van der Waals surface area contributed by atoms with Crippen LogP contribution in [0.25, 0.3) is 0 Å². The highest BCUT2D eigenvalue weighted by atomic mass is 35.5. The quantitative estimate of drug-likeness (QED) is 0.378. The van der Waals surface area contributed by atoms with Gasteiger partial charge in [0, 0.05) is 62.1 Å². The number of piperidine rings is 1. The first-order valence-corrected chi connectivity index (χ1v) is 15.1. The van der Waals surface area contributed by atoms with Crippen molar-refractivity contribution in [1.29, 1.82) is 0 Å². The highest BCUT2D eigenvalue weighted by molar-refractivity contribution is 6.30. The van der Waals surface area contributed by atoms with E-state index in [-0.39, 0.29) is 30.3 Å². The monoisotopic (exact) mass is 605 g/mol. The van der Waals surface area contributed by atoms with Crippen molar-refractivity contribution in [3.8, 4) is 11.6 Å². The van der Waals surface area contributed by atoms with E-state index in [0.29, 0.717) is 48.5 Å². The van der Waals surface area contributed by atoms with Crippen LogP contribution in [0.15, 0.2) is 66.9 Å². The summed E-state index contributed by atoms with van der Waals surface area (Å²) in [6, 6.07) is 18.7. The molecule has 2 aromatic carbocycles. The molecule has 1 atom stereocenters. The van der Waals surface area contributed by atoms with Gasteiger partial charge in [0.25, 0.3) is 5.91 Å². The molecular weight excluding hydrogens is 570 g/mol. The number of rotatable bonds is 9. The van der Waals surface area contributed by atoms with Crippen LogP contribution in [0, 0.1) is 0 Å². The van der Waals surface area contributed by atoms with Crippen molar-refractivity contribution in [2.45, 2.75) is 37.8 Å². The molecular formula is C32H36ClN5O5. The van der Waals surface area contributed by atoms with Gasteiger partial charge in [-0.1, -0.05) is 29.8 Å². The highest BCUT2D eigenvalue weighted by Gasteiger charge is 2.43. The lowest BCUT2D eigenvalue weighted by Gasteiger charge is -2.39. The van der Waals surface area contributed by atoms with Crippen molar-refractivity contribution in [2.24, 2.45) is 0 Å². The van der Waals surface area contributed by atoms with E-state index >= 15 is 0 Å². The second-order valence-electron chi connectivity index (χ2n) is 11.1. The topological polar surface area (TPSA) is 96.5 Å². The van der Waals surface area contributed by atoms with Crippen LogP contribution >= 0.6 is 11.6 Å². The summed E-state index contributed by atoms with van der Waals surface area (Å²) in [7, 11) is 1.60. The molecule has 43 heavy (non-hydrogen) atoms. The van der Waals surface area contributed by atoms with Crippen LogP contribution in [-0.4, -0.2) is 90.4 Å². The maximum atomic E-state index is 13.7. The lowest BCUT2D eigenvalue weighted by molar-refractivity contribution is -0.0537. The summed E-state index contributed by atoms with van der Waals surface area (Å²) in [6.45, 7) is 4.66. The predicted octanol–water partition coefficient (Wildman–Crippen LogP) is 4.70. The number of urea groups is 1. The Morgan fingerprint density at radius 1 is 1.07 bits per heavy atom. The Kier molecular flexibility index (Phi) is 9.08. The van der Waals surface area contributed by atoms with E-state index in [1.54, 1.807) is 31.3 Å². The molecule has 3 aliphatic rings. The summed E-state index contributed by atoms with van der Waals surface area (Å²) >= 11 is 6.34. The van der Waals surface area contributed by atoms with Gasteiger partial charge in [-0.3, -0.25) is 9.69 Å². The summed E-state index contributed by atoms with van der Waals surface area (Å²) in [5.41, 5.74) is 2.72. The smallest absolute Gasteiger partial charge is 0.321 e. The number of carbonyl (C=O) groups is 2. The molecule has 3 amide bonds. The molecule has 6 rings (SSSR count). The zero-order valence-corrected chi connectivity index (χ0v) is 24.9. The van der Waals surface area contributed by atoms with E-state index in [4.69, 9.17) is 25.8 Å². The molecule has 3 aliphatic heterocycles. The van der Waals surface area contributed by atoms with Crippen molar-refractivity contribution in [3.05, 3.63) is 88.6 Å². The number of hydrogen-bond donors (Lipinski definition) is 1. The standard InChI is InChI=1S/C32H36ClN5O5/c1-34-31(39)23-6-8-27(9-7-23)43-29-10-5-22(18-35-29)19-36-13-11-26(12-14-36)38-28(24-3-2-4-25(33)17-24)20-37(32(38)40)21-30-41-15-16-42-30/h2-10,17-18,26,28,30H,11-16,19-21H2,1H3,(H,34,39). The Balaban J connectivity index is 1.05. The van der Waals surface area contributed by atoms with Crippen molar-refractivity contribution >= 4 is 23.5 Å². The fraction of sp³-hybridized carbons (Fsp3) is 0.406. The highest BCUT2D eigenvalue weighted by Crippen LogP contribution is 2.36. The summed E-state index contributed by atoms with van der Waals surface area (Å²) in [4.78, 5) is 36.3. The second kappa shape index (κ2) is 13.3. The first-order chi connectivity index (χ1) is 21.0. The minimum Gasteiger partial charge on any atom is -0.439 e. The summed E-state index contributed by atoms with van der Waals surface area (Å²) in [5.74, 6) is 0.967. The fourth-order valence-electron chi connectivity index (χ4n) is 6.03. The molecule has 1 unspecified atom stereocenters. The van der Waals surface area contributed by atoms with Gasteiger partial charge in [0.15, 0.2) is 6.29 Å². The predicted molar refractivity (Wildman–Crippen MR) is 161 cm³/mol. The lowest BCUT2D eigenvalue weighted by Crippen LogP contribution is -2.47. The Bertz CT molecular complexity index is 1410. The largest absolute Gasteiger partial charge is 0.439 e. The molecule has 0 radical (unpaired) electrons. The van der Waals surface area contributed by atoms with E-state index in [1.807, 2.05) is 41.4 Å². The number of nitrogens with one attached hydrogen (secondary N) is 1. The number of amides is 3. The van der Waals surface area contributed by atoms with Crippen LogP contribution in [0.1, 0.15) is 40.4 Å². The maximum absolute atomic E-state index is 13.7. The molecule has 0 aliphatic carbocycles. The number of aromatic nitrogens is 1. The second-order valence-corrected chi connectivity index (χ2v) is 11.5. The van der Waals surface area contributed by atoms with E-state index < -0.39 is 0 Å². The fourth-order valence-corrected chi connectivity index (χ4v) is 6.22. The number of likely N-dealkylation sites (tertiary alicyclic amines) is 1. The van der Waals surface area contributed by atoms with E-state index in [0.717, 1.165) is 43.6 Å². The molecule has 226 valence electrons. The Labute approximate surface area is 256 Å². The molecule has 3 aromatic rings. The molecule has 0 bridgehead atoms. The lowest BCUT2D eigenvalue weighted by atomic mass is 9.99. The molecule has 0 spiro atoms. The first kappa shape index (κ1) is 29.4. The van der Waals surface area contributed by atoms with Crippen molar-refractivity contribution in [1.82, 2.24) is 25.0 Å². The van der Waals surface area contributed by atoms with Crippen LogP contribution in [-0.2, 0) is 16.0 Å². The summed E-state index contributed by atoms with van der Waals surface area (Å²) in [5, 5.41) is 3.28. The maximum Gasteiger partial charge on any atom is 0.321 e. The minimum atomic E-state index is -0.370. The molecule has 1 aromatic heterocycles. The molecule has 4 heterocycles. The van der Waals surface area contributed by atoms with Crippen molar-refractivity contribution in [3.63, 3.8) is 0 Å². The Morgan fingerprint density at radius 3 is 2.51 bits per heavy atom. The van der Waals surface area contributed by atoms with Crippen molar-refractivity contribution < 1.29 is 23.8 Å². The molecule has 1 N–H and O–H groups in total. The number of pyridine rings is 1. The molecule has 0 saturated carbocycles. The Morgan fingerprint density at radius 2 is 1.84 bits per heavy atom. The zero-order valence-electron chi connectivity index (χ0n) is 24.2. The van der Waals surface area contributed by atoms with Gasteiger partial charge >= 0.3 is 6.03 Å². The van der Waals surface area contributed by atoms with Crippen LogP contribution in [0.4, 0.5) is 4.79 Å².